The third-order valence-corrected chi connectivity index (χ3v) is 7.94. The molecular formula is C37H26N4O2. The Morgan fingerprint density at radius 1 is 0.558 bits per heavy atom. The highest BCUT2D eigenvalue weighted by molar-refractivity contribution is 6.26. The van der Waals surface area contributed by atoms with Crippen LogP contribution in [0.1, 0.15) is 22.3 Å². The lowest BCUT2D eigenvalue weighted by Gasteiger charge is -2.31. The van der Waals surface area contributed by atoms with Gasteiger partial charge in [0.25, 0.3) is 11.8 Å². The number of para-hydroxylation sites is 1. The molecule has 2 atom stereocenters. The number of fused-ring (bicyclic) bond motifs is 1. The van der Waals surface area contributed by atoms with E-state index < -0.39 is 17.5 Å². The first kappa shape index (κ1) is 26.1. The van der Waals surface area contributed by atoms with E-state index in [2.05, 4.69) is 58.6 Å². The van der Waals surface area contributed by atoms with Crippen molar-refractivity contribution >= 4 is 23.2 Å². The van der Waals surface area contributed by atoms with E-state index >= 15 is 0 Å². The number of hydrogen-bond donors (Lipinski definition) is 0. The van der Waals surface area contributed by atoms with Gasteiger partial charge in [-0.25, -0.2) is 9.91 Å². The van der Waals surface area contributed by atoms with Crippen LogP contribution in [-0.4, -0.2) is 23.9 Å². The van der Waals surface area contributed by atoms with Crippen LogP contribution >= 0.6 is 0 Å². The number of rotatable bonds is 5. The molecular weight excluding hydrogens is 532 g/mol. The summed E-state index contributed by atoms with van der Waals surface area (Å²) >= 11 is 0. The van der Waals surface area contributed by atoms with E-state index in [1.807, 2.05) is 84.9 Å². The van der Waals surface area contributed by atoms with E-state index in [9.17, 15) is 9.59 Å². The first-order chi connectivity index (χ1) is 21.2. The molecule has 2 amide bonds. The fourth-order valence-corrected chi connectivity index (χ4v) is 5.85. The van der Waals surface area contributed by atoms with E-state index in [0.29, 0.717) is 11.4 Å². The molecule has 5 aromatic carbocycles. The van der Waals surface area contributed by atoms with Gasteiger partial charge < -0.3 is 0 Å². The topological polar surface area (TPSA) is 65.3 Å². The van der Waals surface area contributed by atoms with Gasteiger partial charge in [-0.2, -0.15) is 5.11 Å². The normalized spacial score (nSPS) is 17.5. The molecule has 0 aliphatic carbocycles. The Hall–Kier alpha value is -5.80. The van der Waals surface area contributed by atoms with Crippen LogP contribution in [0.15, 0.2) is 156 Å². The number of hydrogen-bond acceptors (Lipinski definition) is 5. The molecule has 0 radical (unpaired) electrons. The van der Waals surface area contributed by atoms with Crippen LogP contribution in [-0.2, 0) is 15.0 Å². The van der Waals surface area contributed by atoms with Crippen molar-refractivity contribution in [2.24, 2.45) is 10.3 Å². The van der Waals surface area contributed by atoms with Gasteiger partial charge in [-0.15, -0.1) is 0 Å². The summed E-state index contributed by atoms with van der Waals surface area (Å²) in [5.74, 6) is 6.38. The molecule has 206 valence electrons. The molecule has 2 heterocycles. The largest absolute Gasteiger partial charge is 0.271 e. The van der Waals surface area contributed by atoms with Crippen molar-refractivity contribution < 1.29 is 9.59 Å². The van der Waals surface area contributed by atoms with Crippen LogP contribution < -0.4 is 9.91 Å². The van der Waals surface area contributed by atoms with Crippen molar-refractivity contribution in [3.8, 4) is 11.8 Å². The van der Waals surface area contributed by atoms with Gasteiger partial charge in [0.15, 0.2) is 12.1 Å². The molecule has 5 aromatic rings. The lowest BCUT2D eigenvalue weighted by molar-refractivity contribution is -0.121. The zero-order valence-electron chi connectivity index (χ0n) is 23.1. The predicted octanol–water partition coefficient (Wildman–Crippen LogP) is 6.57. The number of nitrogens with zero attached hydrogens (tertiary/aromatic N) is 4. The summed E-state index contributed by atoms with van der Waals surface area (Å²) in [6, 6.07) is 45.8. The minimum atomic E-state index is -0.865. The fourth-order valence-electron chi connectivity index (χ4n) is 5.85. The molecule has 2 aliphatic rings. The summed E-state index contributed by atoms with van der Waals surface area (Å²) < 4.78 is 0. The van der Waals surface area contributed by atoms with Crippen LogP contribution in [0.3, 0.4) is 0 Å². The van der Waals surface area contributed by atoms with E-state index in [1.54, 1.807) is 24.3 Å². The van der Waals surface area contributed by atoms with E-state index in [4.69, 9.17) is 0 Å². The van der Waals surface area contributed by atoms with Crippen LogP contribution in [0.25, 0.3) is 0 Å². The molecule has 0 bridgehead atoms. The van der Waals surface area contributed by atoms with Crippen molar-refractivity contribution in [1.82, 2.24) is 0 Å². The van der Waals surface area contributed by atoms with Crippen molar-refractivity contribution in [2.45, 2.75) is 17.5 Å². The van der Waals surface area contributed by atoms with Gasteiger partial charge in [0.2, 0.25) is 0 Å². The quantitative estimate of drug-likeness (QED) is 0.139. The Morgan fingerprint density at radius 2 is 1.05 bits per heavy atom. The number of benzene rings is 5. The van der Waals surface area contributed by atoms with Gasteiger partial charge in [-0.05, 0) is 53.1 Å². The summed E-state index contributed by atoms with van der Waals surface area (Å²) in [7, 11) is 0. The molecule has 2 aliphatic heterocycles. The number of carbonyl (C=O) groups excluding carboxylic acids is 2. The highest BCUT2D eigenvalue weighted by atomic mass is 16.2. The molecule has 2 unspecified atom stereocenters. The van der Waals surface area contributed by atoms with E-state index in [0.717, 1.165) is 22.3 Å². The van der Waals surface area contributed by atoms with E-state index in [1.165, 1.54) is 9.91 Å². The number of anilines is 2. The Bertz CT molecular complexity index is 1770. The van der Waals surface area contributed by atoms with Gasteiger partial charge in [-0.3, -0.25) is 9.59 Å². The molecule has 6 heteroatoms. The highest BCUT2D eigenvalue weighted by Gasteiger charge is 2.55. The first-order valence-corrected chi connectivity index (χ1v) is 14.1. The molecule has 0 saturated carbocycles. The maximum atomic E-state index is 13.4. The summed E-state index contributed by atoms with van der Waals surface area (Å²) in [5, 5.41) is 9.91. The summed E-state index contributed by atoms with van der Waals surface area (Å²) in [6.45, 7) is 0. The van der Waals surface area contributed by atoms with Crippen molar-refractivity contribution in [1.29, 1.82) is 0 Å². The van der Waals surface area contributed by atoms with Crippen LogP contribution in [0.5, 0.6) is 0 Å². The first-order valence-electron chi connectivity index (χ1n) is 14.1. The predicted molar refractivity (Wildman–Crippen MR) is 166 cm³/mol. The molecule has 1 fully saturated rings. The van der Waals surface area contributed by atoms with Gasteiger partial charge in [0.1, 0.15) is 5.41 Å². The van der Waals surface area contributed by atoms with Crippen molar-refractivity contribution in [2.75, 3.05) is 9.91 Å². The van der Waals surface area contributed by atoms with Gasteiger partial charge in [-0.1, -0.05) is 126 Å². The highest BCUT2D eigenvalue weighted by Crippen LogP contribution is 2.39. The number of carbonyl (C=O) groups is 2. The third kappa shape index (κ3) is 4.48. The van der Waals surface area contributed by atoms with Crippen molar-refractivity contribution in [3.05, 3.63) is 168 Å². The maximum absolute atomic E-state index is 13.4. The second kappa shape index (κ2) is 10.9. The Kier molecular flexibility index (Phi) is 6.61. The molecule has 0 spiro atoms. The molecule has 6 nitrogen and oxygen atoms in total. The molecule has 1 saturated heterocycles. The Labute approximate surface area is 249 Å². The van der Waals surface area contributed by atoms with Crippen LogP contribution in [0, 0.1) is 11.8 Å². The zero-order valence-corrected chi connectivity index (χ0v) is 23.1. The lowest BCUT2D eigenvalue weighted by Crippen LogP contribution is -2.39. The van der Waals surface area contributed by atoms with Gasteiger partial charge in [0, 0.05) is 5.56 Å². The lowest BCUT2D eigenvalue weighted by atomic mass is 9.70. The smallest absolute Gasteiger partial charge is 0.263 e. The SMILES string of the molecule is O=C1C2N=NN(c3ccc(C#CC(c4ccccc4)(c4ccccc4)c4ccccc4)cc3)C2C(=O)N1c1ccccc1. The second-order valence-electron chi connectivity index (χ2n) is 10.4. The maximum Gasteiger partial charge on any atom is 0.263 e. The monoisotopic (exact) mass is 558 g/mol. The number of imide groups is 1. The van der Waals surface area contributed by atoms with Gasteiger partial charge in [0.05, 0.1) is 11.4 Å². The average molecular weight is 559 g/mol. The standard InChI is InChI=1S/C37H26N4O2/c42-35-33-34(36(43)40(35)31-19-11-4-12-20-31)41(39-38-33)32-23-21-27(22-24-32)25-26-37(28-13-5-1-6-14-28,29-15-7-2-8-16-29)30-17-9-3-10-18-30/h1-24,33-34H. The Balaban J connectivity index is 1.24. The Morgan fingerprint density at radius 3 is 1.56 bits per heavy atom. The number of amides is 2. The minimum absolute atomic E-state index is 0.339. The van der Waals surface area contributed by atoms with Crippen molar-refractivity contribution in [3.63, 3.8) is 0 Å². The molecule has 0 aromatic heterocycles. The molecule has 0 N–H and O–H groups in total. The van der Waals surface area contributed by atoms with Gasteiger partial charge >= 0.3 is 0 Å². The van der Waals surface area contributed by atoms with Crippen LogP contribution in [0.2, 0.25) is 0 Å². The summed E-state index contributed by atoms with van der Waals surface area (Å²) in [6.07, 6.45) is 0. The molecule has 43 heavy (non-hydrogen) atoms. The van der Waals surface area contributed by atoms with Crippen LogP contribution in [0.4, 0.5) is 11.4 Å². The molecule has 7 rings (SSSR count). The summed E-state index contributed by atoms with van der Waals surface area (Å²) in [5.41, 5.74) is 4.54. The minimum Gasteiger partial charge on any atom is -0.271 e. The second-order valence-corrected chi connectivity index (χ2v) is 10.4. The fraction of sp³-hybridized carbons (Fsp3) is 0.0811. The third-order valence-electron chi connectivity index (χ3n) is 7.94. The average Bonchev–Trinajstić information content (AvgIpc) is 3.62. The zero-order chi connectivity index (χ0) is 29.2. The summed E-state index contributed by atoms with van der Waals surface area (Å²) in [4.78, 5) is 27.7. The van der Waals surface area contributed by atoms with E-state index in [-0.39, 0.29) is 11.8 Å².